The van der Waals surface area contributed by atoms with Crippen LogP contribution in [0.15, 0.2) is 42.7 Å². The summed E-state index contributed by atoms with van der Waals surface area (Å²) in [5, 5.41) is 5.23. The lowest BCUT2D eigenvalue weighted by Gasteiger charge is -2.08. The standard InChI is InChI=1S/C21H23N3O.ClH/c1-14-18-13-24(10-12-25-11-8-22)9-7-16(18)15(2)21-20(14)17-5-3-4-6-19(17)23-21;/h3-7,9,13H,8,10-12,22H2,1-2H3;1H. The molecule has 0 saturated heterocycles. The molecule has 0 aliphatic heterocycles. The monoisotopic (exact) mass is 369 g/mol. The number of aromatic amines is 1. The summed E-state index contributed by atoms with van der Waals surface area (Å²) >= 11 is 0. The Labute approximate surface area is 159 Å². The molecule has 5 heteroatoms. The Morgan fingerprint density at radius 3 is 2.62 bits per heavy atom. The van der Waals surface area contributed by atoms with Gasteiger partial charge in [-0.05, 0) is 36.4 Å². The van der Waals surface area contributed by atoms with Gasteiger partial charge in [-0.3, -0.25) is 0 Å². The van der Waals surface area contributed by atoms with Crippen LogP contribution in [0, 0.1) is 13.8 Å². The fraction of sp³-hybridized carbons (Fsp3) is 0.286. The van der Waals surface area contributed by atoms with Crippen LogP contribution in [-0.2, 0) is 11.3 Å². The van der Waals surface area contributed by atoms with Crippen LogP contribution in [0.2, 0.25) is 0 Å². The predicted molar refractivity (Wildman–Crippen MR) is 103 cm³/mol. The first-order valence-electron chi connectivity index (χ1n) is 8.81. The number of pyridine rings is 1. The van der Waals surface area contributed by atoms with E-state index in [-0.39, 0.29) is 12.4 Å². The molecule has 0 radical (unpaired) electrons. The van der Waals surface area contributed by atoms with E-state index in [1.165, 1.54) is 43.7 Å². The molecule has 3 N–H and O–H groups in total. The molecule has 2 heterocycles. The number of halogens is 1. The Balaban J connectivity index is 0.00000196. The molecule has 136 valence electrons. The van der Waals surface area contributed by atoms with Crippen LogP contribution >= 0.6 is 0 Å². The van der Waals surface area contributed by atoms with Crippen LogP contribution in [0.3, 0.4) is 0 Å². The van der Waals surface area contributed by atoms with Crippen molar-refractivity contribution in [2.75, 3.05) is 19.8 Å². The van der Waals surface area contributed by atoms with Gasteiger partial charge in [0.15, 0.2) is 18.9 Å². The van der Waals surface area contributed by atoms with Crippen LogP contribution in [0.1, 0.15) is 11.1 Å². The first kappa shape index (κ1) is 18.6. The van der Waals surface area contributed by atoms with Crippen LogP contribution in [0.5, 0.6) is 0 Å². The van der Waals surface area contributed by atoms with Crippen molar-refractivity contribution in [3.8, 4) is 0 Å². The maximum Gasteiger partial charge on any atom is 0.177 e. The Hall–Kier alpha value is -2.14. The minimum atomic E-state index is 0. The third-order valence-corrected chi connectivity index (χ3v) is 5.04. The Morgan fingerprint density at radius 2 is 1.81 bits per heavy atom. The number of nitrogens with one attached hydrogen (secondary N) is 1. The number of nitrogens with zero attached hydrogens (tertiary/aromatic N) is 1. The molecule has 2 aromatic carbocycles. The van der Waals surface area contributed by atoms with E-state index in [4.69, 9.17) is 10.5 Å². The van der Waals surface area contributed by atoms with Gasteiger partial charge in [-0.2, -0.15) is 0 Å². The molecule has 2 aromatic heterocycles. The number of nitrogens with two attached hydrogens (primary N) is 1. The number of hydrogen-bond acceptors (Lipinski definition) is 2. The van der Waals surface area contributed by atoms with Crippen molar-refractivity contribution in [3.05, 3.63) is 53.9 Å². The molecule has 0 aliphatic carbocycles. The van der Waals surface area contributed by atoms with E-state index < -0.39 is 0 Å². The van der Waals surface area contributed by atoms with Crippen LogP contribution in [0.4, 0.5) is 0 Å². The second-order valence-corrected chi connectivity index (χ2v) is 6.58. The van der Waals surface area contributed by atoms with Gasteiger partial charge in [-0.15, -0.1) is 0 Å². The van der Waals surface area contributed by atoms with E-state index in [1.54, 1.807) is 0 Å². The largest absolute Gasteiger partial charge is 1.00 e. The lowest BCUT2D eigenvalue weighted by molar-refractivity contribution is -0.697. The fourth-order valence-corrected chi connectivity index (χ4v) is 3.74. The third kappa shape index (κ3) is 3.05. The van der Waals surface area contributed by atoms with Crippen molar-refractivity contribution in [3.63, 3.8) is 0 Å². The van der Waals surface area contributed by atoms with Gasteiger partial charge in [-0.1, -0.05) is 18.2 Å². The minimum Gasteiger partial charge on any atom is -1.00 e. The van der Waals surface area contributed by atoms with E-state index in [0.717, 1.165) is 6.54 Å². The Morgan fingerprint density at radius 1 is 1.00 bits per heavy atom. The number of H-pyrrole nitrogens is 1. The van der Waals surface area contributed by atoms with Gasteiger partial charge in [-0.25, -0.2) is 4.57 Å². The SMILES string of the molecule is Cc1c2cc[n+](CCOCCN)cc2c(C)c2c1[nH]c1ccccc12.[Cl-]. The Kier molecular flexibility index (Phi) is 5.47. The summed E-state index contributed by atoms with van der Waals surface area (Å²) in [6.45, 7) is 7.12. The van der Waals surface area contributed by atoms with Crippen molar-refractivity contribution < 1.29 is 21.7 Å². The van der Waals surface area contributed by atoms with Crippen LogP contribution < -0.4 is 22.7 Å². The lowest BCUT2D eigenvalue weighted by Crippen LogP contribution is -3.00. The molecule has 0 aliphatic rings. The van der Waals surface area contributed by atoms with Gasteiger partial charge in [0, 0.05) is 34.3 Å². The highest BCUT2D eigenvalue weighted by atomic mass is 35.5. The summed E-state index contributed by atoms with van der Waals surface area (Å²) in [6, 6.07) is 10.7. The highest BCUT2D eigenvalue weighted by Gasteiger charge is 2.16. The number of rotatable bonds is 5. The molecule has 0 fully saturated rings. The number of hydrogen-bond donors (Lipinski definition) is 2. The third-order valence-electron chi connectivity index (χ3n) is 5.04. The molecule has 0 atom stereocenters. The molecule has 4 aromatic rings. The second kappa shape index (κ2) is 7.62. The Bertz CT molecular complexity index is 1070. The first-order chi connectivity index (χ1) is 12.2. The van der Waals surface area contributed by atoms with Crippen LogP contribution in [-0.4, -0.2) is 24.7 Å². The van der Waals surface area contributed by atoms with E-state index in [2.05, 4.69) is 66.1 Å². The van der Waals surface area contributed by atoms with Gasteiger partial charge in [0.05, 0.1) is 12.1 Å². The molecule has 0 bridgehead atoms. The number of ether oxygens (including phenoxy) is 1. The summed E-state index contributed by atoms with van der Waals surface area (Å²) in [4.78, 5) is 3.60. The maximum absolute atomic E-state index is 5.52. The second-order valence-electron chi connectivity index (χ2n) is 6.58. The minimum absolute atomic E-state index is 0. The van der Waals surface area contributed by atoms with Gasteiger partial charge in [0.2, 0.25) is 0 Å². The summed E-state index contributed by atoms with van der Waals surface area (Å²) in [7, 11) is 0. The van der Waals surface area contributed by atoms with E-state index in [0.29, 0.717) is 19.8 Å². The number of benzene rings is 2. The van der Waals surface area contributed by atoms with E-state index >= 15 is 0 Å². The molecule has 4 nitrogen and oxygen atoms in total. The average molecular weight is 370 g/mol. The highest BCUT2D eigenvalue weighted by molar-refractivity contribution is 6.16. The molecule has 0 saturated carbocycles. The van der Waals surface area contributed by atoms with Crippen molar-refractivity contribution in [1.82, 2.24) is 4.98 Å². The normalized spacial score (nSPS) is 11.3. The molecule has 0 amide bonds. The summed E-state index contributed by atoms with van der Waals surface area (Å²) in [5.74, 6) is 0. The number of fused-ring (bicyclic) bond motifs is 4. The van der Waals surface area contributed by atoms with Gasteiger partial charge >= 0.3 is 0 Å². The van der Waals surface area contributed by atoms with Gasteiger partial charge in [0.25, 0.3) is 0 Å². The zero-order valence-corrected chi connectivity index (χ0v) is 15.9. The first-order valence-corrected chi connectivity index (χ1v) is 8.81. The number of aryl methyl sites for hydroxylation is 2. The van der Waals surface area contributed by atoms with Crippen molar-refractivity contribution in [2.45, 2.75) is 20.4 Å². The van der Waals surface area contributed by atoms with Gasteiger partial charge in [0.1, 0.15) is 6.61 Å². The highest BCUT2D eigenvalue weighted by Crippen LogP contribution is 2.35. The van der Waals surface area contributed by atoms with Gasteiger partial charge < -0.3 is 27.9 Å². The molecule has 26 heavy (non-hydrogen) atoms. The molecular formula is C21H24ClN3O. The topological polar surface area (TPSA) is 54.9 Å². The zero-order chi connectivity index (χ0) is 17.4. The van der Waals surface area contributed by atoms with Crippen molar-refractivity contribution in [2.24, 2.45) is 5.73 Å². The van der Waals surface area contributed by atoms with E-state index in [9.17, 15) is 0 Å². The number of aromatic nitrogens is 2. The summed E-state index contributed by atoms with van der Waals surface area (Å²) < 4.78 is 7.72. The zero-order valence-electron chi connectivity index (χ0n) is 15.2. The maximum atomic E-state index is 5.52. The van der Waals surface area contributed by atoms with Crippen molar-refractivity contribution >= 4 is 32.6 Å². The molecule has 0 spiro atoms. The lowest BCUT2D eigenvalue weighted by atomic mass is 9.97. The summed E-state index contributed by atoms with van der Waals surface area (Å²) in [5.41, 5.74) is 10.5. The average Bonchev–Trinajstić information content (AvgIpc) is 3.03. The fourth-order valence-electron chi connectivity index (χ4n) is 3.74. The molecule has 0 unspecified atom stereocenters. The van der Waals surface area contributed by atoms with Crippen molar-refractivity contribution in [1.29, 1.82) is 0 Å². The summed E-state index contributed by atoms with van der Waals surface area (Å²) in [6.07, 6.45) is 4.37. The quantitative estimate of drug-likeness (QED) is 0.394. The molecule has 4 rings (SSSR count). The van der Waals surface area contributed by atoms with E-state index in [1.807, 2.05) is 0 Å². The molecular weight excluding hydrogens is 346 g/mol. The predicted octanol–water partition coefficient (Wildman–Crippen LogP) is 0.358. The van der Waals surface area contributed by atoms with Crippen LogP contribution in [0.25, 0.3) is 32.6 Å². The smallest absolute Gasteiger partial charge is 0.177 e. The number of para-hydroxylation sites is 1.